The van der Waals surface area contributed by atoms with E-state index in [9.17, 15) is 9.59 Å². The summed E-state index contributed by atoms with van der Waals surface area (Å²) in [5.41, 5.74) is 1.99. The van der Waals surface area contributed by atoms with E-state index < -0.39 is 0 Å². The highest BCUT2D eigenvalue weighted by Crippen LogP contribution is 2.76. The lowest BCUT2D eigenvalue weighted by Gasteiger charge is -2.70. The van der Waals surface area contributed by atoms with Crippen LogP contribution in [-0.4, -0.2) is 72.7 Å². The van der Waals surface area contributed by atoms with Gasteiger partial charge in [-0.25, -0.2) is 9.59 Å². The van der Waals surface area contributed by atoms with E-state index in [2.05, 4.69) is 68.6 Å². The smallest absolute Gasteiger partial charge is 0.328 e. The summed E-state index contributed by atoms with van der Waals surface area (Å²) in [6, 6.07) is -0.553. The lowest BCUT2D eigenvalue weighted by Crippen LogP contribution is -2.64. The van der Waals surface area contributed by atoms with Crippen LogP contribution in [0.4, 0.5) is 0 Å². The van der Waals surface area contributed by atoms with E-state index in [1.54, 1.807) is 0 Å². The maximum Gasteiger partial charge on any atom is 0.328 e. The van der Waals surface area contributed by atoms with Crippen LogP contribution >= 0.6 is 0 Å². The van der Waals surface area contributed by atoms with Crippen molar-refractivity contribution in [3.05, 3.63) is 37.0 Å². The third-order valence-corrected chi connectivity index (χ3v) is 16.4. The molecule has 0 spiro atoms. The number of hydrogen-bond donors (Lipinski definition) is 2. The van der Waals surface area contributed by atoms with Crippen molar-refractivity contribution in [3.63, 3.8) is 0 Å². The molecule has 2 N–H and O–H groups in total. The Hall–Kier alpha value is -2.64. The average Bonchev–Trinajstić information content (AvgIpc) is 3.52. The molecule has 51 heavy (non-hydrogen) atoms. The minimum Gasteiger partial charge on any atom is -0.464 e. The molecule has 7 unspecified atom stereocenters. The van der Waals surface area contributed by atoms with Crippen molar-refractivity contribution in [1.82, 2.24) is 20.4 Å². The summed E-state index contributed by atoms with van der Waals surface area (Å²) in [5, 5.41) is 6.43. The molecule has 0 radical (unpaired) electrons. The topological polar surface area (TPSA) is 83.1 Å². The zero-order valence-corrected chi connectivity index (χ0v) is 33.3. The fourth-order valence-corrected chi connectivity index (χ4v) is 12.6. The van der Waals surface area contributed by atoms with E-state index >= 15 is 0 Å². The van der Waals surface area contributed by atoms with Gasteiger partial charge in [-0.2, -0.15) is 0 Å². The van der Waals surface area contributed by atoms with Gasteiger partial charge in [0.25, 0.3) is 0 Å². The van der Waals surface area contributed by atoms with Crippen LogP contribution < -0.4 is 10.6 Å². The van der Waals surface area contributed by atoms with Crippen molar-refractivity contribution in [2.24, 2.45) is 51.2 Å². The van der Waals surface area contributed by atoms with Gasteiger partial charge in [0.15, 0.2) is 0 Å². The first kappa shape index (κ1) is 38.1. The number of hydrogen-bond acceptors (Lipinski definition) is 8. The zero-order chi connectivity index (χ0) is 36.8. The van der Waals surface area contributed by atoms with E-state index in [-0.39, 0.29) is 51.8 Å². The molecular formula is C43H70N4O4. The second kappa shape index (κ2) is 14.6. The van der Waals surface area contributed by atoms with E-state index in [0.29, 0.717) is 36.2 Å². The number of esters is 2. The standard InChI is InChI=1S/C43H70N4O4/c1-29(2)34-14-17-43(28-50-38(48)32(5)46-24-20-44-21-25-46)19-18-41(8)35(37(34)43)10-11-36-40(7,30(3)12-16-42(36,41)9)15-13-31(4)51-39(49)33(6)47-26-22-45-23-27-47/h20,22,24,26,30-37,44-45H,1,10-19,21,23,25,27-28H2,2-9H3/t30?,31-,32?,33?,34?,35?,36?,37?,40+,41-,42-,43-/m1/s1. The number of allylic oxidation sites excluding steroid dienone is 1. The molecule has 2 heterocycles. The van der Waals surface area contributed by atoms with Crippen LogP contribution in [-0.2, 0) is 19.1 Å². The van der Waals surface area contributed by atoms with Gasteiger partial charge in [0.1, 0.15) is 12.1 Å². The molecule has 0 saturated heterocycles. The Balaban J connectivity index is 1.17. The maximum absolute atomic E-state index is 13.5. The molecule has 4 saturated carbocycles. The molecule has 12 atom stereocenters. The summed E-state index contributed by atoms with van der Waals surface area (Å²) >= 11 is 0. The maximum atomic E-state index is 13.5. The van der Waals surface area contributed by atoms with E-state index in [0.717, 1.165) is 58.3 Å². The van der Waals surface area contributed by atoms with Gasteiger partial charge in [-0.1, -0.05) is 39.8 Å². The van der Waals surface area contributed by atoms with E-state index in [1.807, 2.05) is 38.6 Å². The predicted octanol–water partition coefficient (Wildman–Crippen LogP) is 7.63. The molecule has 8 nitrogen and oxygen atoms in total. The summed E-state index contributed by atoms with van der Waals surface area (Å²) < 4.78 is 12.4. The second-order valence-electron chi connectivity index (χ2n) is 18.7. The molecule has 0 aromatic carbocycles. The minimum absolute atomic E-state index is 0.0356. The number of ether oxygens (including phenoxy) is 2. The SMILES string of the molecule is C=C(C)C1CC[C@]2(COC(=O)C(C)N3C=CNCC3)CC[C@]3(C)C(CCC4[C@@](C)(CC[C@@H](C)OC(=O)C(C)N5C=CNCC5)C(C)CC[C@]43C)C12. The second-order valence-corrected chi connectivity index (χ2v) is 18.7. The fraction of sp³-hybridized carbons (Fsp3) is 0.814. The van der Waals surface area contributed by atoms with Crippen molar-refractivity contribution < 1.29 is 19.1 Å². The monoisotopic (exact) mass is 707 g/mol. The highest BCUT2D eigenvalue weighted by molar-refractivity contribution is 5.76. The summed E-state index contributed by atoms with van der Waals surface area (Å²) in [4.78, 5) is 30.8. The highest BCUT2D eigenvalue weighted by Gasteiger charge is 2.69. The number of rotatable bonds is 11. The summed E-state index contributed by atoms with van der Waals surface area (Å²) in [6.45, 7) is 27.1. The molecule has 2 aliphatic heterocycles. The Morgan fingerprint density at radius 2 is 1.51 bits per heavy atom. The van der Waals surface area contributed by atoms with Gasteiger partial charge in [0.2, 0.25) is 0 Å². The van der Waals surface area contributed by atoms with E-state index in [4.69, 9.17) is 9.47 Å². The summed E-state index contributed by atoms with van der Waals surface area (Å²) in [6.07, 6.45) is 19.3. The molecule has 0 amide bonds. The van der Waals surface area contributed by atoms with Gasteiger partial charge in [-0.05, 0) is 138 Å². The Morgan fingerprint density at radius 1 is 0.863 bits per heavy atom. The van der Waals surface area contributed by atoms with Gasteiger partial charge in [0, 0.05) is 56.4 Å². The molecular weight excluding hydrogens is 636 g/mol. The predicted molar refractivity (Wildman–Crippen MR) is 204 cm³/mol. The fourth-order valence-electron chi connectivity index (χ4n) is 12.6. The molecule has 4 aliphatic carbocycles. The van der Waals surface area contributed by atoms with Crippen molar-refractivity contribution in [3.8, 4) is 0 Å². The van der Waals surface area contributed by atoms with Crippen LogP contribution in [0.2, 0.25) is 0 Å². The Bertz CT molecular complexity index is 1360. The minimum atomic E-state index is -0.277. The van der Waals surface area contributed by atoms with Crippen LogP contribution in [0.5, 0.6) is 0 Å². The number of carbonyl (C=O) groups is 2. The number of nitrogens with one attached hydrogen (secondary N) is 2. The molecule has 6 rings (SSSR count). The van der Waals surface area contributed by atoms with Gasteiger partial charge in [-0.3, -0.25) is 0 Å². The lowest BCUT2D eigenvalue weighted by atomic mass is 9.34. The first-order valence-corrected chi connectivity index (χ1v) is 20.5. The number of nitrogens with zero attached hydrogens (tertiary/aromatic N) is 2. The molecule has 8 heteroatoms. The lowest BCUT2D eigenvalue weighted by molar-refractivity contribution is -0.223. The first-order chi connectivity index (χ1) is 24.2. The van der Waals surface area contributed by atoms with Crippen LogP contribution in [0.15, 0.2) is 37.0 Å². The van der Waals surface area contributed by atoms with Crippen molar-refractivity contribution in [2.75, 3.05) is 32.8 Å². The third-order valence-electron chi connectivity index (χ3n) is 16.4. The summed E-state index contributed by atoms with van der Waals surface area (Å²) in [5.74, 6) is 2.64. The molecule has 286 valence electrons. The van der Waals surface area contributed by atoms with Crippen molar-refractivity contribution in [1.29, 1.82) is 0 Å². The van der Waals surface area contributed by atoms with Gasteiger partial charge in [-0.15, -0.1) is 0 Å². The van der Waals surface area contributed by atoms with Crippen LogP contribution in [0, 0.1) is 51.2 Å². The van der Waals surface area contributed by atoms with Crippen molar-refractivity contribution in [2.45, 2.75) is 138 Å². The quantitative estimate of drug-likeness (QED) is 0.168. The third kappa shape index (κ3) is 6.73. The normalized spacial score (nSPS) is 40.4. The molecule has 6 aliphatic rings. The zero-order valence-electron chi connectivity index (χ0n) is 33.3. The van der Waals surface area contributed by atoms with Gasteiger partial charge < -0.3 is 29.9 Å². The Morgan fingerprint density at radius 3 is 2.12 bits per heavy atom. The number of fused-ring (bicyclic) bond motifs is 5. The van der Waals surface area contributed by atoms with Crippen LogP contribution in [0.25, 0.3) is 0 Å². The van der Waals surface area contributed by atoms with Gasteiger partial charge >= 0.3 is 11.9 Å². The average molecular weight is 707 g/mol. The molecule has 0 aromatic rings. The summed E-state index contributed by atoms with van der Waals surface area (Å²) in [7, 11) is 0. The molecule has 4 fully saturated rings. The highest BCUT2D eigenvalue weighted by atomic mass is 16.5. The van der Waals surface area contributed by atoms with Crippen LogP contribution in [0.1, 0.15) is 120 Å². The molecule has 0 bridgehead atoms. The largest absolute Gasteiger partial charge is 0.464 e. The Labute approximate surface area is 309 Å². The van der Waals surface area contributed by atoms with Crippen LogP contribution in [0.3, 0.4) is 0 Å². The first-order valence-electron chi connectivity index (χ1n) is 20.5. The van der Waals surface area contributed by atoms with Gasteiger partial charge in [0.05, 0.1) is 12.7 Å². The molecule has 0 aromatic heterocycles. The van der Waals surface area contributed by atoms with E-state index in [1.165, 1.54) is 37.7 Å². The number of carbonyl (C=O) groups excluding carboxylic acids is 2. The Kier molecular flexibility index (Phi) is 10.9. The van der Waals surface area contributed by atoms with Crippen molar-refractivity contribution >= 4 is 11.9 Å².